The molecular weight excluding hydrogens is 624 g/mol. The average molecular weight is 661 g/mol. The molecule has 13 nitrogen and oxygen atoms in total. The van der Waals surface area contributed by atoms with Gasteiger partial charge in [-0.3, -0.25) is 19.4 Å². The predicted octanol–water partition coefficient (Wildman–Crippen LogP) is 1.85. The molecule has 2 fully saturated rings. The van der Waals surface area contributed by atoms with Gasteiger partial charge in [-0.05, 0) is 19.9 Å². The highest BCUT2D eigenvalue weighted by Gasteiger charge is 2.49. The number of phenolic OH excluding ortho intramolecular Hbond substituents is 2. The van der Waals surface area contributed by atoms with Gasteiger partial charge >= 0.3 is 0 Å². The Hall–Kier alpha value is -3.59. The van der Waals surface area contributed by atoms with E-state index < -0.39 is 82.6 Å². The van der Waals surface area contributed by atoms with Crippen molar-refractivity contribution in [2.24, 2.45) is 4.99 Å². The van der Waals surface area contributed by atoms with Crippen molar-refractivity contribution >= 4 is 36.1 Å². The summed E-state index contributed by atoms with van der Waals surface area (Å²) in [4.78, 5) is 46.7. The van der Waals surface area contributed by atoms with Gasteiger partial charge < -0.3 is 44.3 Å². The highest BCUT2D eigenvalue weighted by atomic mass is 35.5. The quantitative estimate of drug-likeness (QED) is 0.171. The van der Waals surface area contributed by atoms with E-state index in [9.17, 15) is 34.8 Å². The summed E-state index contributed by atoms with van der Waals surface area (Å²) in [6.45, 7) is 5.30. The molecule has 4 N–H and O–H groups in total. The van der Waals surface area contributed by atoms with Crippen LogP contribution < -0.4 is 4.74 Å². The van der Waals surface area contributed by atoms with E-state index >= 15 is 0 Å². The molecule has 46 heavy (non-hydrogen) atoms. The maximum absolute atomic E-state index is 13.8. The molecule has 2 aliphatic carbocycles. The van der Waals surface area contributed by atoms with Crippen LogP contribution in [-0.4, -0.2) is 113 Å². The minimum Gasteiger partial charge on any atom is -0.507 e. The first-order chi connectivity index (χ1) is 21.4. The van der Waals surface area contributed by atoms with Crippen LogP contribution in [-0.2, 0) is 25.4 Å². The second-order valence-electron chi connectivity index (χ2n) is 12.0. The molecular formula is C32H37ClN2O11. The molecule has 2 aliphatic heterocycles. The van der Waals surface area contributed by atoms with Crippen LogP contribution in [0.3, 0.4) is 0 Å². The molecule has 14 heteroatoms. The van der Waals surface area contributed by atoms with Crippen LogP contribution in [0.15, 0.2) is 23.2 Å². The summed E-state index contributed by atoms with van der Waals surface area (Å²) in [5.41, 5.74) is -3.06. The van der Waals surface area contributed by atoms with Crippen molar-refractivity contribution in [1.82, 2.24) is 4.90 Å². The Bertz CT molecular complexity index is 1590. The topological polar surface area (TPSA) is 185 Å². The zero-order valence-corrected chi connectivity index (χ0v) is 26.4. The van der Waals surface area contributed by atoms with Crippen molar-refractivity contribution in [3.05, 3.63) is 51.6 Å². The zero-order valence-electron chi connectivity index (χ0n) is 25.6. The Kier molecular flexibility index (Phi) is 9.47. The normalized spacial score (nSPS) is 29.1. The highest BCUT2D eigenvalue weighted by Crippen LogP contribution is 2.52. The van der Waals surface area contributed by atoms with Crippen molar-refractivity contribution < 1.29 is 53.8 Å². The van der Waals surface area contributed by atoms with Crippen LogP contribution in [0.2, 0.25) is 0 Å². The van der Waals surface area contributed by atoms with Crippen molar-refractivity contribution in [3.8, 4) is 17.2 Å². The molecule has 0 aromatic heterocycles. The van der Waals surface area contributed by atoms with E-state index in [1.54, 1.807) is 13.3 Å². The number of ether oxygens (including phenoxy) is 4. The summed E-state index contributed by atoms with van der Waals surface area (Å²) < 4.78 is 22.9. The Morgan fingerprint density at radius 1 is 1.11 bits per heavy atom. The monoisotopic (exact) mass is 660 g/mol. The third-order valence-corrected chi connectivity index (χ3v) is 9.19. The lowest BCUT2D eigenvalue weighted by Gasteiger charge is -2.42. The SMILES string of the molecule is COc1cccc2c1C(=O)c1c(O)c3c(c(O)c1C2=O)CC(O)(C(C)=O)C[C@@H]3OC1C[C@H](N=CN2CCOCC2)C(O)C(C)O1.Cl. The van der Waals surface area contributed by atoms with Gasteiger partial charge in [-0.2, -0.15) is 0 Å². The van der Waals surface area contributed by atoms with Gasteiger partial charge in [-0.25, -0.2) is 0 Å². The van der Waals surface area contributed by atoms with Crippen molar-refractivity contribution in [1.29, 1.82) is 0 Å². The van der Waals surface area contributed by atoms with Crippen LogP contribution in [0.25, 0.3) is 0 Å². The van der Waals surface area contributed by atoms with E-state index in [2.05, 4.69) is 4.99 Å². The van der Waals surface area contributed by atoms with Crippen LogP contribution in [0, 0.1) is 0 Å². The number of nitrogens with zero attached hydrogens (tertiary/aromatic N) is 2. The average Bonchev–Trinajstić information content (AvgIpc) is 3.02. The van der Waals surface area contributed by atoms with Gasteiger partial charge in [-0.1, -0.05) is 12.1 Å². The molecule has 6 rings (SSSR count). The van der Waals surface area contributed by atoms with Gasteiger partial charge in [0, 0.05) is 49.0 Å². The number of ketones is 3. The standard InChI is InChI=1S/C32H36N2O11.ClH/c1-15-27(36)19(33-14-34-7-9-43-10-8-34)11-22(44-15)45-21-13-32(41,16(2)35)12-18-24(21)31(40)26-25(29(18)38)28(37)17-5-4-6-20(42-3)23(17)30(26)39;/h4-6,14-15,19,21-22,27,36,38,40-41H,7-13H2,1-3H3;1H/t15?,19-,21-,22?,27?,32?;/m0./s1. The summed E-state index contributed by atoms with van der Waals surface area (Å²) in [6, 6.07) is 3.84. The number of morpholine rings is 1. The number of Topliss-reactive ketones (excluding diaryl/α,β-unsaturated/α-hetero) is 1. The van der Waals surface area contributed by atoms with Crippen LogP contribution in [0.5, 0.6) is 17.2 Å². The second-order valence-corrected chi connectivity index (χ2v) is 12.0. The van der Waals surface area contributed by atoms with Gasteiger partial charge in [-0.15, -0.1) is 12.4 Å². The van der Waals surface area contributed by atoms with E-state index in [-0.39, 0.29) is 53.3 Å². The van der Waals surface area contributed by atoms with Crippen molar-refractivity contribution in [2.75, 3.05) is 33.4 Å². The second kappa shape index (κ2) is 12.9. The molecule has 0 spiro atoms. The number of benzene rings is 2. The Morgan fingerprint density at radius 3 is 2.48 bits per heavy atom. The van der Waals surface area contributed by atoms with E-state index in [0.29, 0.717) is 26.3 Å². The van der Waals surface area contributed by atoms with E-state index in [4.69, 9.17) is 18.9 Å². The van der Waals surface area contributed by atoms with Crippen LogP contribution in [0.1, 0.15) is 75.8 Å². The fourth-order valence-electron chi connectivity index (χ4n) is 6.62. The number of aromatic hydroxyl groups is 2. The maximum Gasteiger partial charge on any atom is 0.202 e. The summed E-state index contributed by atoms with van der Waals surface area (Å²) >= 11 is 0. The zero-order chi connectivity index (χ0) is 32.2. The number of carbonyl (C=O) groups excluding carboxylic acids is 3. The molecule has 2 aromatic rings. The van der Waals surface area contributed by atoms with Gasteiger partial charge in [0.1, 0.15) is 29.0 Å². The maximum atomic E-state index is 13.8. The molecule has 2 heterocycles. The third-order valence-electron chi connectivity index (χ3n) is 9.19. The minimum atomic E-state index is -2.02. The summed E-state index contributed by atoms with van der Waals surface area (Å²) in [6.07, 6.45) is -2.92. The lowest BCUT2D eigenvalue weighted by molar-refractivity contribution is -0.246. The summed E-state index contributed by atoms with van der Waals surface area (Å²) in [5.74, 6) is -3.17. The van der Waals surface area contributed by atoms with Gasteiger partial charge in [0.15, 0.2) is 17.9 Å². The number of fused-ring (bicyclic) bond motifs is 3. The van der Waals surface area contributed by atoms with E-state index in [0.717, 1.165) is 0 Å². The lowest BCUT2D eigenvalue weighted by Crippen LogP contribution is -2.49. The van der Waals surface area contributed by atoms with E-state index in [1.165, 1.54) is 32.2 Å². The number of halogens is 1. The smallest absolute Gasteiger partial charge is 0.202 e. The van der Waals surface area contributed by atoms with Crippen molar-refractivity contribution in [2.45, 2.75) is 69.4 Å². The first-order valence-electron chi connectivity index (χ1n) is 14.9. The van der Waals surface area contributed by atoms with Gasteiger partial charge in [0.2, 0.25) is 5.78 Å². The first kappa shape index (κ1) is 33.8. The number of hydrogen-bond acceptors (Lipinski definition) is 12. The Balaban J connectivity index is 0.00000417. The molecule has 0 amide bonds. The minimum absolute atomic E-state index is 0. The third kappa shape index (κ3) is 5.65. The number of phenols is 2. The molecule has 0 radical (unpaired) electrons. The van der Waals surface area contributed by atoms with E-state index in [1.807, 2.05) is 4.90 Å². The highest BCUT2D eigenvalue weighted by molar-refractivity contribution is 6.31. The van der Waals surface area contributed by atoms with Gasteiger partial charge in [0.25, 0.3) is 0 Å². The van der Waals surface area contributed by atoms with Crippen molar-refractivity contribution in [3.63, 3.8) is 0 Å². The first-order valence-corrected chi connectivity index (χ1v) is 14.9. The fourth-order valence-corrected chi connectivity index (χ4v) is 6.62. The Morgan fingerprint density at radius 2 is 1.80 bits per heavy atom. The molecule has 4 aliphatic rings. The number of rotatable bonds is 6. The molecule has 0 saturated carbocycles. The number of methoxy groups -OCH3 is 1. The fraction of sp³-hybridized carbons (Fsp3) is 0.500. The van der Waals surface area contributed by atoms with Crippen LogP contribution >= 0.6 is 12.4 Å². The molecule has 2 saturated heterocycles. The summed E-state index contributed by atoms with van der Waals surface area (Å²) in [5, 5.41) is 45.4. The lowest BCUT2D eigenvalue weighted by atomic mass is 9.72. The number of hydrogen-bond donors (Lipinski definition) is 4. The molecule has 0 bridgehead atoms. The van der Waals surface area contributed by atoms with Gasteiger partial charge in [0.05, 0.1) is 61.6 Å². The molecule has 6 atom stereocenters. The number of aliphatic imine (C=N–C) groups is 1. The number of carbonyl (C=O) groups is 3. The molecule has 248 valence electrons. The number of aliphatic hydroxyl groups excluding tert-OH is 1. The number of aliphatic hydroxyl groups is 2. The van der Waals surface area contributed by atoms with Crippen LogP contribution in [0.4, 0.5) is 0 Å². The largest absolute Gasteiger partial charge is 0.507 e. The molecule has 2 aromatic carbocycles. The Labute approximate surface area is 271 Å². The predicted molar refractivity (Wildman–Crippen MR) is 164 cm³/mol. The molecule has 4 unspecified atom stereocenters. The summed E-state index contributed by atoms with van der Waals surface area (Å²) in [7, 11) is 1.35.